The number of carboxylic acids is 1. The number of hydrogen-bond donors (Lipinski definition) is 3. The molecule has 0 saturated carbocycles. The van der Waals surface area contributed by atoms with Crippen molar-refractivity contribution in [2.75, 3.05) is 6.61 Å². The Labute approximate surface area is 127 Å². The standard InChI is InChI=1S/C15H17NO6/c1-10(13(18)12(14(19)20)16-9-17)7-8-22-15(21)11-5-3-2-4-6-11/h2-6,9,12-13,18H,1,7-8H2,(H,16,17)(H,19,20). The van der Waals surface area contributed by atoms with E-state index >= 15 is 0 Å². The molecule has 7 nitrogen and oxygen atoms in total. The van der Waals surface area contributed by atoms with Crippen molar-refractivity contribution in [3.05, 3.63) is 48.0 Å². The van der Waals surface area contributed by atoms with Gasteiger partial charge in [0.25, 0.3) is 0 Å². The number of nitrogens with one attached hydrogen (secondary N) is 1. The molecule has 0 saturated heterocycles. The van der Waals surface area contributed by atoms with Crippen LogP contribution in [0.2, 0.25) is 0 Å². The van der Waals surface area contributed by atoms with Gasteiger partial charge in [-0.2, -0.15) is 0 Å². The lowest BCUT2D eigenvalue weighted by Crippen LogP contribution is -2.46. The van der Waals surface area contributed by atoms with E-state index in [0.717, 1.165) is 0 Å². The summed E-state index contributed by atoms with van der Waals surface area (Å²) in [6, 6.07) is 6.86. The predicted molar refractivity (Wildman–Crippen MR) is 77.1 cm³/mol. The van der Waals surface area contributed by atoms with Crippen molar-refractivity contribution in [1.29, 1.82) is 0 Å². The Kier molecular flexibility index (Phi) is 6.78. The molecule has 0 spiro atoms. The number of aliphatic hydroxyl groups excluding tert-OH is 1. The van der Waals surface area contributed by atoms with Gasteiger partial charge in [-0.3, -0.25) is 4.79 Å². The molecule has 0 aliphatic rings. The fourth-order valence-corrected chi connectivity index (χ4v) is 1.69. The number of carboxylic acid groups (broad SMARTS) is 1. The molecule has 0 heterocycles. The first-order valence-electron chi connectivity index (χ1n) is 6.47. The SMILES string of the molecule is C=C(CCOC(=O)c1ccccc1)C(O)C(NC=O)C(=O)O. The van der Waals surface area contributed by atoms with Crippen molar-refractivity contribution in [3.63, 3.8) is 0 Å². The number of rotatable bonds is 9. The molecule has 0 bridgehead atoms. The van der Waals surface area contributed by atoms with Crippen LogP contribution in [-0.2, 0) is 14.3 Å². The fourth-order valence-electron chi connectivity index (χ4n) is 1.69. The van der Waals surface area contributed by atoms with Crippen LogP contribution in [0, 0.1) is 0 Å². The number of aliphatic hydroxyl groups is 1. The van der Waals surface area contributed by atoms with Gasteiger partial charge in [-0.15, -0.1) is 0 Å². The third-order valence-electron chi connectivity index (χ3n) is 2.91. The Morgan fingerprint density at radius 3 is 2.50 bits per heavy atom. The van der Waals surface area contributed by atoms with E-state index in [1.807, 2.05) is 5.32 Å². The summed E-state index contributed by atoms with van der Waals surface area (Å²) in [5.41, 5.74) is 0.530. The van der Waals surface area contributed by atoms with Crippen LogP contribution < -0.4 is 5.32 Å². The molecule has 2 atom stereocenters. The summed E-state index contributed by atoms with van der Waals surface area (Å²) >= 11 is 0. The van der Waals surface area contributed by atoms with Gasteiger partial charge in [0.05, 0.1) is 12.2 Å². The summed E-state index contributed by atoms with van der Waals surface area (Å²) in [5, 5.41) is 20.7. The maximum absolute atomic E-state index is 11.7. The van der Waals surface area contributed by atoms with E-state index in [0.29, 0.717) is 5.56 Å². The molecule has 7 heteroatoms. The summed E-state index contributed by atoms with van der Waals surface area (Å²) in [5.74, 6) is -1.91. The van der Waals surface area contributed by atoms with Crippen molar-refractivity contribution in [2.24, 2.45) is 0 Å². The molecule has 0 fully saturated rings. The van der Waals surface area contributed by atoms with Gasteiger partial charge in [-0.25, -0.2) is 9.59 Å². The first kappa shape index (κ1) is 17.4. The average molecular weight is 307 g/mol. The number of esters is 1. The van der Waals surface area contributed by atoms with Crippen LogP contribution in [0.25, 0.3) is 0 Å². The van der Waals surface area contributed by atoms with Gasteiger partial charge in [0.2, 0.25) is 6.41 Å². The summed E-state index contributed by atoms with van der Waals surface area (Å²) in [6.07, 6.45) is -1.22. The van der Waals surface area contributed by atoms with E-state index in [1.54, 1.807) is 30.3 Å². The highest BCUT2D eigenvalue weighted by molar-refractivity contribution is 5.89. The molecule has 1 amide bonds. The number of hydrogen-bond acceptors (Lipinski definition) is 5. The number of carbonyl (C=O) groups is 3. The van der Waals surface area contributed by atoms with Gasteiger partial charge < -0.3 is 20.3 Å². The third kappa shape index (κ3) is 5.02. The highest BCUT2D eigenvalue weighted by Gasteiger charge is 2.27. The van der Waals surface area contributed by atoms with Crippen LogP contribution in [0.4, 0.5) is 0 Å². The molecule has 22 heavy (non-hydrogen) atoms. The Balaban J connectivity index is 2.47. The molecule has 2 unspecified atom stereocenters. The molecule has 0 radical (unpaired) electrons. The largest absolute Gasteiger partial charge is 0.480 e. The number of aliphatic carboxylic acids is 1. The third-order valence-corrected chi connectivity index (χ3v) is 2.91. The van der Waals surface area contributed by atoms with Crippen LogP contribution in [0.15, 0.2) is 42.5 Å². The van der Waals surface area contributed by atoms with Gasteiger partial charge in [0, 0.05) is 6.42 Å². The number of benzene rings is 1. The van der Waals surface area contributed by atoms with E-state index in [9.17, 15) is 19.5 Å². The molecule has 3 N–H and O–H groups in total. The van der Waals surface area contributed by atoms with Crippen molar-refractivity contribution in [1.82, 2.24) is 5.32 Å². The fraction of sp³-hybridized carbons (Fsp3) is 0.267. The number of amides is 1. The smallest absolute Gasteiger partial charge is 0.338 e. The molecule has 0 aromatic heterocycles. The zero-order valence-electron chi connectivity index (χ0n) is 11.8. The van der Waals surface area contributed by atoms with Crippen LogP contribution in [-0.4, -0.2) is 47.3 Å². The van der Waals surface area contributed by atoms with Gasteiger partial charge >= 0.3 is 11.9 Å². The summed E-state index contributed by atoms with van der Waals surface area (Å²) < 4.78 is 5.00. The molecule has 1 aromatic carbocycles. The van der Waals surface area contributed by atoms with Crippen molar-refractivity contribution < 1.29 is 29.3 Å². The Morgan fingerprint density at radius 2 is 1.95 bits per heavy atom. The van der Waals surface area contributed by atoms with Crippen LogP contribution >= 0.6 is 0 Å². The summed E-state index contributed by atoms with van der Waals surface area (Å²) in [4.78, 5) is 32.9. The highest BCUT2D eigenvalue weighted by atomic mass is 16.5. The predicted octanol–water partition coefficient (Wildman–Crippen LogP) is 0.350. The second kappa shape index (κ2) is 8.58. The molecule has 1 rings (SSSR count). The van der Waals surface area contributed by atoms with Gasteiger partial charge in [0.1, 0.15) is 6.10 Å². The zero-order valence-corrected chi connectivity index (χ0v) is 11.8. The second-order valence-corrected chi connectivity index (χ2v) is 4.46. The topological polar surface area (TPSA) is 113 Å². The monoisotopic (exact) mass is 307 g/mol. The van der Waals surface area contributed by atoms with Crippen LogP contribution in [0.1, 0.15) is 16.8 Å². The minimum absolute atomic E-state index is 0.0585. The minimum Gasteiger partial charge on any atom is -0.480 e. The van der Waals surface area contributed by atoms with E-state index < -0.39 is 24.1 Å². The Hall–Kier alpha value is -2.67. The van der Waals surface area contributed by atoms with Gasteiger partial charge in [-0.1, -0.05) is 24.8 Å². The first-order chi connectivity index (χ1) is 10.5. The lowest BCUT2D eigenvalue weighted by molar-refractivity contribution is -0.143. The normalized spacial score (nSPS) is 12.8. The molecule has 0 aliphatic carbocycles. The summed E-state index contributed by atoms with van der Waals surface area (Å²) in [7, 11) is 0. The Bertz CT molecular complexity index is 542. The molecular weight excluding hydrogens is 290 g/mol. The van der Waals surface area contributed by atoms with E-state index in [-0.39, 0.29) is 25.0 Å². The maximum atomic E-state index is 11.7. The average Bonchev–Trinajstić information content (AvgIpc) is 2.52. The zero-order chi connectivity index (χ0) is 16.5. The van der Waals surface area contributed by atoms with E-state index in [1.165, 1.54) is 0 Å². The number of ether oxygens (including phenoxy) is 1. The van der Waals surface area contributed by atoms with Crippen LogP contribution in [0.5, 0.6) is 0 Å². The van der Waals surface area contributed by atoms with E-state index in [2.05, 4.69) is 6.58 Å². The molecule has 118 valence electrons. The van der Waals surface area contributed by atoms with Gasteiger partial charge in [0.15, 0.2) is 6.04 Å². The van der Waals surface area contributed by atoms with Crippen molar-refractivity contribution in [2.45, 2.75) is 18.6 Å². The minimum atomic E-state index is -1.49. The van der Waals surface area contributed by atoms with Crippen molar-refractivity contribution in [3.8, 4) is 0 Å². The molecule has 1 aromatic rings. The second-order valence-electron chi connectivity index (χ2n) is 4.46. The highest BCUT2D eigenvalue weighted by Crippen LogP contribution is 2.11. The lowest BCUT2D eigenvalue weighted by atomic mass is 10.0. The maximum Gasteiger partial charge on any atom is 0.338 e. The Morgan fingerprint density at radius 1 is 1.32 bits per heavy atom. The van der Waals surface area contributed by atoms with E-state index in [4.69, 9.17) is 9.84 Å². The van der Waals surface area contributed by atoms with Crippen LogP contribution in [0.3, 0.4) is 0 Å². The van der Waals surface area contributed by atoms with Crippen molar-refractivity contribution >= 4 is 18.3 Å². The molecule has 0 aliphatic heterocycles. The first-order valence-corrected chi connectivity index (χ1v) is 6.47. The number of carbonyl (C=O) groups excluding carboxylic acids is 2. The lowest BCUT2D eigenvalue weighted by Gasteiger charge is -2.20. The quantitative estimate of drug-likeness (QED) is 0.345. The molecular formula is C15H17NO6. The van der Waals surface area contributed by atoms with Gasteiger partial charge in [-0.05, 0) is 17.7 Å². The summed E-state index contributed by atoms with van der Waals surface area (Å²) in [6.45, 7) is 3.49.